The van der Waals surface area contributed by atoms with Gasteiger partial charge in [-0.2, -0.15) is 0 Å². The molecule has 0 radical (unpaired) electrons. The van der Waals surface area contributed by atoms with Crippen molar-refractivity contribution in [1.29, 1.82) is 0 Å². The Morgan fingerprint density at radius 3 is 2.25 bits per heavy atom. The summed E-state index contributed by atoms with van der Waals surface area (Å²) in [6.45, 7) is 0.358. The molecule has 1 unspecified atom stereocenters. The van der Waals surface area contributed by atoms with Crippen LogP contribution >= 0.6 is 0 Å². The Bertz CT molecular complexity index is 1130. The second-order valence-electron chi connectivity index (χ2n) is 6.30. The van der Waals surface area contributed by atoms with Crippen molar-refractivity contribution >= 4 is 50.1 Å². The molecular weight excluding hydrogens is 374 g/mol. The molecule has 0 aliphatic heterocycles. The van der Waals surface area contributed by atoms with Gasteiger partial charge in [0, 0.05) is 34.8 Å². The molecule has 0 fully saturated rings. The van der Waals surface area contributed by atoms with Crippen molar-refractivity contribution in [2.45, 2.75) is 6.61 Å². The number of aromatic nitrogens is 1. The van der Waals surface area contributed by atoms with Crippen LogP contribution in [0.3, 0.4) is 0 Å². The lowest BCUT2D eigenvalue weighted by Crippen LogP contribution is -2.04. The van der Waals surface area contributed by atoms with Crippen molar-refractivity contribution in [3.63, 3.8) is 0 Å². The smallest absolute Gasteiger partial charge is 0.259 e. The summed E-state index contributed by atoms with van der Waals surface area (Å²) in [6, 6.07) is 21.4. The monoisotopic (exact) mass is 393 g/mol. The van der Waals surface area contributed by atoms with Gasteiger partial charge >= 0.3 is 0 Å². The van der Waals surface area contributed by atoms with Crippen molar-refractivity contribution in [1.82, 2.24) is 4.98 Å². The van der Waals surface area contributed by atoms with Gasteiger partial charge in [-0.1, -0.05) is 36.4 Å². The molecule has 3 N–H and O–H groups in total. The molecule has 0 bridgehead atoms. The Balaban J connectivity index is 1.86. The molecule has 1 heterocycles. The predicted octanol–water partition coefficient (Wildman–Crippen LogP) is 4.83. The summed E-state index contributed by atoms with van der Waals surface area (Å²) >= 11 is -2.13. The van der Waals surface area contributed by atoms with Gasteiger partial charge in [-0.25, -0.2) is 9.19 Å². The number of nitrogens with one attached hydrogen (secondary N) is 2. The molecule has 7 heteroatoms. The van der Waals surface area contributed by atoms with Crippen molar-refractivity contribution in [2.24, 2.45) is 0 Å². The number of para-hydroxylation sites is 2. The topological polar surface area (TPSA) is 83.5 Å². The van der Waals surface area contributed by atoms with Crippen LogP contribution < -0.4 is 10.0 Å². The van der Waals surface area contributed by atoms with E-state index >= 15 is 0 Å². The van der Waals surface area contributed by atoms with Crippen LogP contribution in [0.5, 0.6) is 0 Å². The van der Waals surface area contributed by atoms with E-state index in [-0.39, 0.29) is 0 Å². The number of rotatable bonds is 6. The summed E-state index contributed by atoms with van der Waals surface area (Å²) in [6.07, 6.45) is 0. The Morgan fingerprint density at radius 2 is 1.64 bits per heavy atom. The van der Waals surface area contributed by atoms with E-state index in [2.05, 4.69) is 10.0 Å². The maximum absolute atomic E-state index is 11.1. The highest BCUT2D eigenvalue weighted by Gasteiger charge is 2.12. The minimum Gasteiger partial charge on any atom is -0.380 e. The number of methoxy groups -OCH3 is 1. The Morgan fingerprint density at radius 1 is 1.00 bits per heavy atom. The molecular formula is C21H19N3O3S. The van der Waals surface area contributed by atoms with Gasteiger partial charge in [0.1, 0.15) is 0 Å². The molecule has 4 rings (SSSR count). The summed E-state index contributed by atoms with van der Waals surface area (Å²) in [5.41, 5.74) is 5.05. The average molecular weight is 393 g/mol. The van der Waals surface area contributed by atoms with Gasteiger partial charge in [-0.15, -0.1) is 0 Å². The molecule has 0 saturated heterocycles. The van der Waals surface area contributed by atoms with Crippen molar-refractivity contribution in [3.05, 3.63) is 72.3 Å². The number of benzene rings is 3. The van der Waals surface area contributed by atoms with Gasteiger partial charge in [-0.05, 0) is 30.3 Å². The second-order valence-corrected chi connectivity index (χ2v) is 7.00. The zero-order valence-corrected chi connectivity index (χ0v) is 16.0. The van der Waals surface area contributed by atoms with Crippen molar-refractivity contribution in [2.75, 3.05) is 17.1 Å². The lowest BCUT2D eigenvalue weighted by Gasteiger charge is -2.17. The third kappa shape index (κ3) is 3.68. The highest BCUT2D eigenvalue weighted by Crippen LogP contribution is 2.34. The third-order valence-electron chi connectivity index (χ3n) is 4.46. The quantitative estimate of drug-likeness (QED) is 0.323. The number of fused-ring (bicyclic) bond motifs is 2. The fraction of sp³-hybridized carbons (Fsp3) is 0.0952. The summed E-state index contributed by atoms with van der Waals surface area (Å²) in [7, 11) is 1.62. The number of nitrogens with zero attached hydrogens (tertiary/aromatic N) is 1. The second kappa shape index (κ2) is 7.93. The van der Waals surface area contributed by atoms with E-state index in [4.69, 9.17) is 14.3 Å². The number of hydrogen-bond acceptors (Lipinski definition) is 4. The maximum atomic E-state index is 11.1. The summed E-state index contributed by atoms with van der Waals surface area (Å²) in [5, 5.41) is 5.57. The SMILES string of the molecule is COCc1cc(NS(=O)O)ccc1Nc1c2ccccc2nc2ccccc12. The molecule has 0 aliphatic carbocycles. The van der Waals surface area contributed by atoms with Crippen molar-refractivity contribution in [3.8, 4) is 0 Å². The molecule has 142 valence electrons. The first-order valence-corrected chi connectivity index (χ1v) is 9.80. The number of hydrogen-bond donors (Lipinski definition) is 3. The molecule has 0 spiro atoms. The van der Waals surface area contributed by atoms with E-state index in [1.807, 2.05) is 54.6 Å². The van der Waals surface area contributed by atoms with Crippen LogP contribution in [0, 0.1) is 0 Å². The molecule has 0 amide bonds. The van der Waals surface area contributed by atoms with Crippen LogP contribution in [0.15, 0.2) is 66.7 Å². The van der Waals surface area contributed by atoms with Gasteiger partial charge in [0.05, 0.1) is 23.3 Å². The molecule has 6 nitrogen and oxygen atoms in total. The first-order valence-electron chi connectivity index (χ1n) is 8.69. The lowest BCUT2D eigenvalue weighted by molar-refractivity contribution is 0.185. The van der Waals surface area contributed by atoms with E-state index in [0.717, 1.165) is 38.7 Å². The minimum absolute atomic E-state index is 0.358. The number of pyridine rings is 1. The fourth-order valence-electron chi connectivity index (χ4n) is 3.26. The highest BCUT2D eigenvalue weighted by molar-refractivity contribution is 7.80. The Labute approximate surface area is 165 Å². The van der Waals surface area contributed by atoms with Crippen LogP contribution in [0.25, 0.3) is 21.8 Å². The third-order valence-corrected chi connectivity index (χ3v) is 4.87. The average Bonchev–Trinajstić information content (AvgIpc) is 2.69. The summed E-state index contributed by atoms with van der Waals surface area (Å²) < 4.78 is 27.9. The molecule has 1 aromatic heterocycles. The van der Waals surface area contributed by atoms with E-state index in [1.54, 1.807) is 19.2 Å². The molecule has 4 aromatic rings. The maximum Gasteiger partial charge on any atom is 0.259 e. The molecule has 3 aromatic carbocycles. The zero-order chi connectivity index (χ0) is 19.5. The van der Waals surface area contributed by atoms with E-state index in [1.165, 1.54) is 0 Å². The van der Waals surface area contributed by atoms with Gasteiger partial charge in [0.2, 0.25) is 0 Å². The van der Waals surface area contributed by atoms with Gasteiger partial charge < -0.3 is 10.1 Å². The standard InChI is InChI=1S/C21H19N3O3S/c1-27-13-14-12-15(24-28(25)26)10-11-18(14)23-21-16-6-2-4-8-19(16)22-20-9-5-3-7-17(20)21/h2-12,24H,13H2,1H3,(H,22,23)(H,25,26). The highest BCUT2D eigenvalue weighted by atomic mass is 32.2. The lowest BCUT2D eigenvalue weighted by atomic mass is 10.1. The number of anilines is 3. The van der Waals surface area contributed by atoms with Gasteiger partial charge in [0.15, 0.2) is 0 Å². The zero-order valence-electron chi connectivity index (χ0n) is 15.2. The van der Waals surface area contributed by atoms with Gasteiger partial charge in [-0.3, -0.25) is 9.27 Å². The van der Waals surface area contributed by atoms with Crippen LogP contribution in [0.4, 0.5) is 17.1 Å². The molecule has 1 atom stereocenters. The van der Waals surface area contributed by atoms with E-state index in [9.17, 15) is 4.21 Å². The molecule has 28 heavy (non-hydrogen) atoms. The first kappa shape index (κ1) is 18.4. The fourth-order valence-corrected chi connectivity index (χ4v) is 3.59. The van der Waals surface area contributed by atoms with Crippen LogP contribution in [-0.2, 0) is 22.6 Å². The number of ether oxygens (including phenoxy) is 1. The van der Waals surface area contributed by atoms with Crippen LogP contribution in [0.1, 0.15) is 5.56 Å². The Kier molecular flexibility index (Phi) is 5.21. The van der Waals surface area contributed by atoms with Crippen LogP contribution in [-0.4, -0.2) is 20.9 Å². The largest absolute Gasteiger partial charge is 0.380 e. The van der Waals surface area contributed by atoms with Gasteiger partial charge in [0.25, 0.3) is 11.3 Å². The summed E-state index contributed by atoms with van der Waals surface area (Å²) in [5.74, 6) is 0. The normalized spacial score (nSPS) is 12.2. The molecule has 0 aliphatic rings. The predicted molar refractivity (Wildman–Crippen MR) is 114 cm³/mol. The summed E-state index contributed by atoms with van der Waals surface area (Å²) in [4.78, 5) is 4.75. The Hall–Kier alpha value is -3.00. The minimum atomic E-state index is -2.13. The van der Waals surface area contributed by atoms with E-state index in [0.29, 0.717) is 12.3 Å². The first-order chi connectivity index (χ1) is 13.7. The van der Waals surface area contributed by atoms with Crippen LogP contribution in [0.2, 0.25) is 0 Å². The molecule has 0 saturated carbocycles. The van der Waals surface area contributed by atoms with E-state index < -0.39 is 11.3 Å². The van der Waals surface area contributed by atoms with Crippen molar-refractivity contribution < 1.29 is 13.5 Å².